The Balaban J connectivity index is 2.52. The van der Waals surface area contributed by atoms with Gasteiger partial charge in [0.05, 0.1) is 18.8 Å². The fraction of sp³-hybridized carbons (Fsp3) is 0.267. The number of rotatable bonds is 5. The van der Waals surface area contributed by atoms with E-state index in [0.717, 1.165) is 22.8 Å². The van der Waals surface area contributed by atoms with Gasteiger partial charge in [0.25, 0.3) is 0 Å². The maximum absolute atomic E-state index is 11.0. The molecular formula is C15H16O3. The molecule has 0 spiro atoms. The molecule has 3 heteroatoms. The van der Waals surface area contributed by atoms with Crippen molar-refractivity contribution in [2.75, 3.05) is 13.2 Å². The first kappa shape index (κ1) is 12.4. The summed E-state index contributed by atoms with van der Waals surface area (Å²) in [5, 5.41) is 2.01. The van der Waals surface area contributed by atoms with E-state index in [9.17, 15) is 4.79 Å². The van der Waals surface area contributed by atoms with E-state index in [1.54, 1.807) is 0 Å². The van der Waals surface area contributed by atoms with E-state index in [4.69, 9.17) is 9.47 Å². The Morgan fingerprint density at radius 2 is 1.78 bits per heavy atom. The lowest BCUT2D eigenvalue weighted by atomic mass is 10.1. The highest BCUT2D eigenvalue weighted by Crippen LogP contribution is 2.28. The molecule has 2 aromatic rings. The van der Waals surface area contributed by atoms with Crippen molar-refractivity contribution < 1.29 is 14.3 Å². The van der Waals surface area contributed by atoms with Crippen LogP contribution in [-0.4, -0.2) is 19.5 Å². The summed E-state index contributed by atoms with van der Waals surface area (Å²) in [5.74, 6) is 1.44. The average Bonchev–Trinajstić information content (AvgIpc) is 2.39. The summed E-state index contributed by atoms with van der Waals surface area (Å²) in [4.78, 5) is 11.0. The van der Waals surface area contributed by atoms with E-state index in [1.165, 1.54) is 0 Å². The summed E-state index contributed by atoms with van der Waals surface area (Å²) in [6.07, 6.45) is 0.817. The van der Waals surface area contributed by atoms with Crippen molar-refractivity contribution in [3.63, 3.8) is 0 Å². The molecule has 0 aliphatic carbocycles. The first-order valence-corrected chi connectivity index (χ1v) is 6.07. The number of carbonyl (C=O) groups excluding carboxylic acids is 1. The van der Waals surface area contributed by atoms with Crippen molar-refractivity contribution in [3.05, 3.63) is 35.9 Å². The van der Waals surface area contributed by atoms with Gasteiger partial charge in [-0.25, -0.2) is 0 Å². The minimum atomic E-state index is 0.545. The van der Waals surface area contributed by atoms with E-state index in [-0.39, 0.29) is 0 Å². The summed E-state index contributed by atoms with van der Waals surface area (Å²) in [7, 11) is 0. The van der Waals surface area contributed by atoms with Crippen LogP contribution in [0.5, 0.6) is 11.5 Å². The summed E-state index contributed by atoms with van der Waals surface area (Å²) in [6, 6.07) is 9.54. The Labute approximate surface area is 106 Å². The monoisotopic (exact) mass is 244 g/mol. The Morgan fingerprint density at radius 3 is 2.44 bits per heavy atom. The second-order valence-corrected chi connectivity index (χ2v) is 3.88. The van der Waals surface area contributed by atoms with Crippen LogP contribution in [0, 0.1) is 0 Å². The Kier molecular flexibility index (Phi) is 3.82. The molecule has 0 saturated carbocycles. The third kappa shape index (κ3) is 2.45. The minimum Gasteiger partial charge on any atom is -0.494 e. The zero-order chi connectivity index (χ0) is 13.0. The lowest BCUT2D eigenvalue weighted by molar-refractivity contribution is 0.112. The van der Waals surface area contributed by atoms with Gasteiger partial charge in [0, 0.05) is 0 Å². The lowest BCUT2D eigenvalue weighted by Crippen LogP contribution is -1.96. The van der Waals surface area contributed by atoms with Gasteiger partial charge in [0.15, 0.2) is 6.29 Å². The number of ether oxygens (including phenoxy) is 2. The number of hydrogen-bond donors (Lipinski definition) is 0. The number of carbonyl (C=O) groups is 1. The first-order valence-electron chi connectivity index (χ1n) is 6.07. The van der Waals surface area contributed by atoms with Crippen LogP contribution in [0.15, 0.2) is 30.3 Å². The fourth-order valence-corrected chi connectivity index (χ4v) is 1.90. The number of fused-ring (bicyclic) bond motifs is 1. The van der Waals surface area contributed by atoms with Gasteiger partial charge in [-0.1, -0.05) is 6.07 Å². The van der Waals surface area contributed by atoms with Crippen LogP contribution in [0.3, 0.4) is 0 Å². The lowest BCUT2D eigenvalue weighted by Gasteiger charge is -2.09. The van der Waals surface area contributed by atoms with Gasteiger partial charge in [0.1, 0.15) is 11.5 Å². The molecule has 0 unspecified atom stereocenters. The molecule has 0 N–H and O–H groups in total. The van der Waals surface area contributed by atoms with Gasteiger partial charge in [-0.3, -0.25) is 4.79 Å². The van der Waals surface area contributed by atoms with Gasteiger partial charge in [-0.05, 0) is 48.9 Å². The zero-order valence-corrected chi connectivity index (χ0v) is 10.6. The van der Waals surface area contributed by atoms with E-state index < -0.39 is 0 Å². The van der Waals surface area contributed by atoms with Crippen LogP contribution in [0.1, 0.15) is 24.2 Å². The maximum Gasteiger partial charge on any atom is 0.153 e. The van der Waals surface area contributed by atoms with E-state index in [1.807, 2.05) is 44.2 Å². The molecule has 0 atom stereocenters. The molecule has 2 rings (SSSR count). The molecule has 0 heterocycles. The molecule has 18 heavy (non-hydrogen) atoms. The minimum absolute atomic E-state index is 0.545. The van der Waals surface area contributed by atoms with Crippen LogP contribution in [0.25, 0.3) is 10.8 Å². The van der Waals surface area contributed by atoms with Crippen molar-refractivity contribution in [1.29, 1.82) is 0 Å². The normalized spacial score (nSPS) is 10.3. The second kappa shape index (κ2) is 5.54. The quantitative estimate of drug-likeness (QED) is 0.756. The Hall–Kier alpha value is -2.03. The maximum atomic E-state index is 11.0. The third-order valence-electron chi connectivity index (χ3n) is 2.68. The van der Waals surface area contributed by atoms with Crippen molar-refractivity contribution in [2.45, 2.75) is 13.8 Å². The smallest absolute Gasteiger partial charge is 0.153 e. The van der Waals surface area contributed by atoms with Crippen LogP contribution < -0.4 is 9.47 Å². The van der Waals surface area contributed by atoms with Gasteiger partial charge >= 0.3 is 0 Å². The van der Waals surface area contributed by atoms with Gasteiger partial charge in [-0.15, -0.1) is 0 Å². The molecule has 0 amide bonds. The number of benzene rings is 2. The number of aldehydes is 1. The van der Waals surface area contributed by atoms with Crippen LogP contribution in [0.2, 0.25) is 0 Å². The summed E-state index contributed by atoms with van der Waals surface area (Å²) in [6.45, 7) is 5.02. The Bertz CT molecular complexity index is 561. The first-order chi connectivity index (χ1) is 8.78. The highest BCUT2D eigenvalue weighted by Gasteiger charge is 2.06. The van der Waals surface area contributed by atoms with Crippen molar-refractivity contribution in [2.24, 2.45) is 0 Å². The summed E-state index contributed by atoms with van der Waals surface area (Å²) < 4.78 is 10.9. The molecule has 94 valence electrons. The van der Waals surface area contributed by atoms with Crippen molar-refractivity contribution in [3.8, 4) is 11.5 Å². The molecule has 0 saturated heterocycles. The van der Waals surface area contributed by atoms with E-state index in [2.05, 4.69) is 0 Å². The van der Waals surface area contributed by atoms with Gasteiger partial charge in [-0.2, -0.15) is 0 Å². The molecule has 3 nitrogen and oxygen atoms in total. The predicted octanol–water partition coefficient (Wildman–Crippen LogP) is 3.45. The highest BCUT2D eigenvalue weighted by molar-refractivity contribution is 5.92. The molecular weight excluding hydrogens is 228 g/mol. The molecule has 0 aromatic heterocycles. The van der Waals surface area contributed by atoms with Crippen LogP contribution in [-0.2, 0) is 0 Å². The van der Waals surface area contributed by atoms with Crippen LogP contribution >= 0.6 is 0 Å². The largest absolute Gasteiger partial charge is 0.494 e. The standard InChI is InChI=1S/C15H16O3/c1-3-17-14-6-5-11-9-15(18-4-2)13(10-16)7-12(11)8-14/h5-10H,3-4H2,1-2H3. The fourth-order valence-electron chi connectivity index (χ4n) is 1.90. The van der Waals surface area contributed by atoms with Crippen molar-refractivity contribution >= 4 is 17.1 Å². The molecule has 2 aromatic carbocycles. The summed E-state index contributed by atoms with van der Waals surface area (Å²) in [5.41, 5.74) is 0.568. The SMILES string of the molecule is CCOc1ccc2cc(OCC)c(C=O)cc2c1. The molecule has 0 aliphatic heterocycles. The molecule has 0 bridgehead atoms. The zero-order valence-electron chi connectivity index (χ0n) is 10.6. The molecule has 0 radical (unpaired) electrons. The second-order valence-electron chi connectivity index (χ2n) is 3.88. The molecule has 0 fully saturated rings. The highest BCUT2D eigenvalue weighted by atomic mass is 16.5. The average molecular weight is 244 g/mol. The summed E-state index contributed by atoms with van der Waals surface area (Å²) >= 11 is 0. The molecule has 0 aliphatic rings. The number of hydrogen-bond acceptors (Lipinski definition) is 3. The van der Waals surface area contributed by atoms with Gasteiger partial charge < -0.3 is 9.47 Å². The third-order valence-corrected chi connectivity index (χ3v) is 2.68. The van der Waals surface area contributed by atoms with Gasteiger partial charge in [0.2, 0.25) is 0 Å². The predicted molar refractivity (Wildman–Crippen MR) is 71.7 cm³/mol. The van der Waals surface area contributed by atoms with E-state index in [0.29, 0.717) is 24.5 Å². The van der Waals surface area contributed by atoms with E-state index >= 15 is 0 Å². The van der Waals surface area contributed by atoms with Crippen LogP contribution in [0.4, 0.5) is 0 Å². The van der Waals surface area contributed by atoms with Crippen molar-refractivity contribution in [1.82, 2.24) is 0 Å². The Morgan fingerprint density at radius 1 is 1.00 bits per heavy atom. The topological polar surface area (TPSA) is 35.5 Å².